The average molecular weight is 495 g/mol. The van der Waals surface area contributed by atoms with Crippen molar-refractivity contribution in [1.29, 1.82) is 0 Å². The maximum atomic E-state index is 6.26. The van der Waals surface area contributed by atoms with Gasteiger partial charge in [-0.15, -0.1) is 0 Å². The van der Waals surface area contributed by atoms with E-state index in [1.165, 1.54) is 27.8 Å². The van der Waals surface area contributed by atoms with Crippen molar-refractivity contribution in [2.24, 2.45) is 5.73 Å². The number of anilines is 3. The van der Waals surface area contributed by atoms with Crippen molar-refractivity contribution < 1.29 is 0 Å². The molecule has 0 bridgehead atoms. The highest BCUT2D eigenvalue weighted by Crippen LogP contribution is 2.36. The fourth-order valence-corrected chi connectivity index (χ4v) is 5.37. The lowest BCUT2D eigenvalue weighted by Gasteiger charge is -2.30. The van der Waals surface area contributed by atoms with Crippen LogP contribution in [0.5, 0.6) is 0 Å². The molecular formula is C29H34N8. The highest BCUT2D eigenvalue weighted by Gasteiger charge is 2.23. The van der Waals surface area contributed by atoms with Crippen molar-refractivity contribution in [1.82, 2.24) is 19.6 Å². The number of rotatable bonds is 6. The minimum atomic E-state index is 0.252. The molecule has 8 nitrogen and oxygen atoms in total. The van der Waals surface area contributed by atoms with Gasteiger partial charge in [0.15, 0.2) is 5.65 Å². The molecule has 1 aliphatic carbocycles. The van der Waals surface area contributed by atoms with Gasteiger partial charge in [-0.1, -0.05) is 56.3 Å². The number of fused-ring (bicyclic) bond motifs is 2. The summed E-state index contributed by atoms with van der Waals surface area (Å²) in [6.45, 7) is 6.68. The van der Waals surface area contributed by atoms with E-state index in [4.69, 9.17) is 21.4 Å². The zero-order valence-corrected chi connectivity index (χ0v) is 21.5. The minimum absolute atomic E-state index is 0.252. The molecule has 0 saturated carbocycles. The van der Waals surface area contributed by atoms with Crippen LogP contribution in [0.1, 0.15) is 60.4 Å². The van der Waals surface area contributed by atoms with Crippen LogP contribution in [0.4, 0.5) is 17.6 Å². The summed E-state index contributed by atoms with van der Waals surface area (Å²) in [5.74, 6) is 1.75. The summed E-state index contributed by atoms with van der Waals surface area (Å²) in [6.07, 6.45) is 6.91. The van der Waals surface area contributed by atoms with E-state index < -0.39 is 0 Å². The molecular weight excluding hydrogens is 460 g/mol. The number of benzene rings is 2. The summed E-state index contributed by atoms with van der Waals surface area (Å²) in [5, 5.41) is 8.24. The molecule has 0 unspecified atom stereocenters. The van der Waals surface area contributed by atoms with Crippen molar-refractivity contribution >= 4 is 34.9 Å². The van der Waals surface area contributed by atoms with Gasteiger partial charge in [-0.05, 0) is 52.7 Å². The molecule has 4 aromatic rings. The lowest BCUT2D eigenvalue weighted by Crippen LogP contribution is -2.40. The fraction of sp³-hybridized carbons (Fsp3) is 0.345. The zero-order valence-electron chi connectivity index (χ0n) is 21.5. The van der Waals surface area contributed by atoms with E-state index in [0.717, 1.165) is 55.2 Å². The Morgan fingerprint density at radius 2 is 1.86 bits per heavy atom. The van der Waals surface area contributed by atoms with Crippen LogP contribution in [0.15, 0.2) is 48.7 Å². The first kappa shape index (κ1) is 23.5. The molecule has 1 aliphatic heterocycles. The minimum Gasteiger partial charge on any atom is -0.398 e. The molecule has 37 heavy (non-hydrogen) atoms. The number of aromatic nitrogens is 4. The van der Waals surface area contributed by atoms with Crippen LogP contribution in [-0.4, -0.2) is 38.7 Å². The monoisotopic (exact) mass is 494 g/mol. The van der Waals surface area contributed by atoms with Gasteiger partial charge in [0.05, 0.1) is 6.20 Å². The topological polar surface area (TPSA) is 110 Å². The molecule has 8 heteroatoms. The summed E-state index contributed by atoms with van der Waals surface area (Å²) in [4.78, 5) is 12.1. The van der Waals surface area contributed by atoms with Crippen molar-refractivity contribution in [3.05, 3.63) is 76.5 Å². The number of piperidine rings is 1. The fourth-order valence-electron chi connectivity index (χ4n) is 5.37. The molecule has 2 aliphatic rings. The molecule has 1 fully saturated rings. The molecule has 1 saturated heterocycles. The molecule has 3 heterocycles. The summed E-state index contributed by atoms with van der Waals surface area (Å²) in [5.41, 5.74) is 21.4. The van der Waals surface area contributed by atoms with Gasteiger partial charge in [-0.25, -0.2) is 0 Å². The third kappa shape index (κ3) is 4.42. The van der Waals surface area contributed by atoms with Crippen LogP contribution in [0.25, 0.3) is 17.3 Å². The largest absolute Gasteiger partial charge is 0.398 e. The Morgan fingerprint density at radius 1 is 1.05 bits per heavy atom. The van der Waals surface area contributed by atoms with E-state index in [9.17, 15) is 0 Å². The number of nitrogens with one attached hydrogen (secondary N) is 1. The summed E-state index contributed by atoms with van der Waals surface area (Å²) in [7, 11) is 0. The molecule has 6 rings (SSSR count). The van der Waals surface area contributed by atoms with Gasteiger partial charge in [0.1, 0.15) is 0 Å². The Hall–Kier alpha value is -3.91. The van der Waals surface area contributed by atoms with Crippen LogP contribution in [-0.2, 0) is 13.0 Å². The van der Waals surface area contributed by atoms with Gasteiger partial charge in [0.25, 0.3) is 0 Å². The number of hydrogen-bond acceptors (Lipinski definition) is 7. The molecule has 0 atom stereocenters. The third-order valence-electron chi connectivity index (χ3n) is 7.57. The normalized spacial score (nSPS) is 15.9. The number of nitrogens with two attached hydrogens (primary N) is 2. The van der Waals surface area contributed by atoms with Gasteiger partial charge in [-0.3, -0.25) is 0 Å². The predicted octanol–water partition coefficient (Wildman–Crippen LogP) is 4.47. The van der Waals surface area contributed by atoms with Crippen LogP contribution >= 0.6 is 0 Å². The lowest BCUT2D eigenvalue weighted by molar-refractivity contribution is 0.495. The first-order valence-corrected chi connectivity index (χ1v) is 13.1. The van der Waals surface area contributed by atoms with Gasteiger partial charge < -0.3 is 21.7 Å². The van der Waals surface area contributed by atoms with Gasteiger partial charge in [0.2, 0.25) is 11.9 Å². The van der Waals surface area contributed by atoms with Gasteiger partial charge in [0, 0.05) is 43.3 Å². The standard InChI is InChI=1S/C29H34N8/c1-18(2)25-17-33-37-27(25)34-29(36-12-10-22(30)11-13-36)35-28(37)32-16-20-6-3-4-8-23(20)21-14-19-7-5-9-26(31)24(19)15-21/h3-9,14,17-18,22H,10-13,15-16,30-31H2,1-2H3,(H,32,34,35). The van der Waals surface area contributed by atoms with Crippen LogP contribution in [0.2, 0.25) is 0 Å². The van der Waals surface area contributed by atoms with Crippen molar-refractivity contribution in [2.45, 2.75) is 51.6 Å². The first-order chi connectivity index (χ1) is 18.0. The Morgan fingerprint density at radius 3 is 2.65 bits per heavy atom. The molecule has 0 spiro atoms. The summed E-state index contributed by atoms with van der Waals surface area (Å²) >= 11 is 0. The molecule has 2 aromatic heterocycles. The first-order valence-electron chi connectivity index (χ1n) is 13.1. The Balaban J connectivity index is 1.32. The number of nitrogen functional groups attached to an aromatic ring is 1. The molecule has 0 amide bonds. The predicted molar refractivity (Wildman–Crippen MR) is 150 cm³/mol. The second-order valence-corrected chi connectivity index (χ2v) is 10.4. The van der Waals surface area contributed by atoms with E-state index in [-0.39, 0.29) is 6.04 Å². The Kier molecular flexibility index (Phi) is 6.04. The Bertz CT molecular complexity index is 1480. The number of nitrogens with zero attached hydrogens (tertiary/aromatic N) is 5. The second-order valence-electron chi connectivity index (χ2n) is 10.4. The van der Waals surface area contributed by atoms with E-state index in [1.807, 2.05) is 22.8 Å². The Labute approximate surface area is 217 Å². The molecule has 2 aromatic carbocycles. The summed E-state index contributed by atoms with van der Waals surface area (Å²) in [6, 6.07) is 14.9. The highest BCUT2D eigenvalue weighted by molar-refractivity contribution is 5.91. The maximum absolute atomic E-state index is 6.26. The zero-order chi connectivity index (χ0) is 25.5. The SMILES string of the molecule is CC(C)c1cnn2c(NCc3ccccc3C3=Cc4cccc(N)c4C3)nc(N3CCC(N)CC3)nc12. The van der Waals surface area contributed by atoms with Crippen LogP contribution in [0, 0.1) is 0 Å². The van der Waals surface area contributed by atoms with E-state index in [1.54, 1.807) is 0 Å². The van der Waals surface area contributed by atoms with E-state index in [0.29, 0.717) is 18.4 Å². The lowest BCUT2D eigenvalue weighted by atomic mass is 9.98. The highest BCUT2D eigenvalue weighted by atomic mass is 15.4. The van der Waals surface area contributed by atoms with Crippen molar-refractivity contribution in [3.63, 3.8) is 0 Å². The smallest absolute Gasteiger partial charge is 0.230 e. The van der Waals surface area contributed by atoms with Gasteiger partial charge >= 0.3 is 0 Å². The van der Waals surface area contributed by atoms with E-state index in [2.05, 4.69) is 65.6 Å². The molecule has 5 N–H and O–H groups in total. The molecule has 190 valence electrons. The second kappa shape index (κ2) is 9.52. The average Bonchev–Trinajstić information content (AvgIpc) is 3.53. The maximum Gasteiger partial charge on any atom is 0.230 e. The number of hydrogen-bond donors (Lipinski definition) is 3. The van der Waals surface area contributed by atoms with Crippen LogP contribution < -0.4 is 21.7 Å². The van der Waals surface area contributed by atoms with Gasteiger partial charge in [-0.2, -0.15) is 19.6 Å². The van der Waals surface area contributed by atoms with E-state index >= 15 is 0 Å². The quantitative estimate of drug-likeness (QED) is 0.339. The van der Waals surface area contributed by atoms with Crippen LogP contribution in [0.3, 0.4) is 0 Å². The van der Waals surface area contributed by atoms with Crippen molar-refractivity contribution in [3.8, 4) is 0 Å². The van der Waals surface area contributed by atoms with Crippen molar-refractivity contribution in [2.75, 3.05) is 29.0 Å². The third-order valence-corrected chi connectivity index (χ3v) is 7.57. The summed E-state index contributed by atoms with van der Waals surface area (Å²) < 4.78 is 1.84. The molecule has 0 radical (unpaired) electrons. The number of allylic oxidation sites excluding steroid dienone is 1.